The van der Waals surface area contributed by atoms with Crippen LogP contribution in [0.4, 0.5) is 0 Å². The second-order valence-corrected chi connectivity index (χ2v) is 4.43. The molecule has 1 aliphatic rings. The van der Waals surface area contributed by atoms with E-state index in [9.17, 15) is 4.79 Å². The number of fused-ring (bicyclic) bond motifs is 1. The van der Waals surface area contributed by atoms with Crippen LogP contribution < -0.4 is 5.32 Å². The monoisotopic (exact) mass is 233 g/mol. The summed E-state index contributed by atoms with van der Waals surface area (Å²) in [5.41, 5.74) is 2.53. The molecule has 17 heavy (non-hydrogen) atoms. The zero-order valence-corrected chi connectivity index (χ0v) is 10.2. The lowest BCUT2D eigenvalue weighted by Crippen LogP contribution is -2.33. The molecule has 0 heterocycles. The molecule has 0 spiro atoms. The summed E-state index contributed by atoms with van der Waals surface area (Å²) < 4.78 is 4.93. The van der Waals surface area contributed by atoms with E-state index >= 15 is 0 Å². The molecule has 1 unspecified atom stereocenters. The molecule has 1 N–H and O–H groups in total. The van der Waals surface area contributed by atoms with Crippen molar-refractivity contribution >= 4 is 5.91 Å². The van der Waals surface area contributed by atoms with Crippen LogP contribution in [0.2, 0.25) is 0 Å². The first-order valence-electron chi connectivity index (χ1n) is 6.17. The molecule has 0 saturated heterocycles. The van der Waals surface area contributed by atoms with Crippen LogP contribution in [0, 0.1) is 0 Å². The molecule has 0 aliphatic heterocycles. The minimum Gasteiger partial charge on any atom is -0.383 e. The third kappa shape index (κ3) is 2.86. The molecular formula is C14H19NO2. The first kappa shape index (κ1) is 12.1. The number of benzene rings is 1. The van der Waals surface area contributed by atoms with Crippen LogP contribution in [0.1, 0.15) is 29.9 Å². The van der Waals surface area contributed by atoms with Crippen molar-refractivity contribution in [1.82, 2.24) is 5.32 Å². The predicted octanol–water partition coefficient (Wildman–Crippen LogP) is 1.87. The Morgan fingerprint density at radius 3 is 3.12 bits per heavy atom. The number of hydrogen-bond donors (Lipinski definition) is 1. The van der Waals surface area contributed by atoms with Gasteiger partial charge in [-0.25, -0.2) is 0 Å². The van der Waals surface area contributed by atoms with Crippen molar-refractivity contribution < 1.29 is 9.53 Å². The molecule has 0 aromatic heterocycles. The summed E-state index contributed by atoms with van der Waals surface area (Å²) in [6.07, 6.45) is 3.15. The Bertz CT molecular complexity index is 390. The smallest absolute Gasteiger partial charge is 0.227 e. The average molecular weight is 233 g/mol. The largest absolute Gasteiger partial charge is 0.383 e. The van der Waals surface area contributed by atoms with Gasteiger partial charge in [-0.1, -0.05) is 24.3 Å². The summed E-state index contributed by atoms with van der Waals surface area (Å²) in [5, 5.41) is 2.93. The summed E-state index contributed by atoms with van der Waals surface area (Å²) in [4.78, 5) is 12.1. The van der Waals surface area contributed by atoms with E-state index in [1.54, 1.807) is 7.11 Å². The van der Waals surface area contributed by atoms with Crippen LogP contribution in [-0.4, -0.2) is 26.2 Å². The summed E-state index contributed by atoms with van der Waals surface area (Å²) in [7, 11) is 1.64. The Kier molecular flexibility index (Phi) is 4.15. The second-order valence-electron chi connectivity index (χ2n) is 4.43. The number of amides is 1. The Hall–Kier alpha value is -1.35. The molecule has 0 fully saturated rings. The van der Waals surface area contributed by atoms with Crippen molar-refractivity contribution in [2.24, 2.45) is 0 Å². The van der Waals surface area contributed by atoms with Gasteiger partial charge in [0.05, 0.1) is 12.5 Å². The van der Waals surface area contributed by atoms with Crippen LogP contribution in [0.15, 0.2) is 24.3 Å². The van der Waals surface area contributed by atoms with E-state index in [4.69, 9.17) is 4.74 Å². The van der Waals surface area contributed by atoms with Gasteiger partial charge < -0.3 is 10.1 Å². The highest BCUT2D eigenvalue weighted by Gasteiger charge is 2.25. The van der Waals surface area contributed by atoms with E-state index < -0.39 is 0 Å². The number of hydrogen-bond acceptors (Lipinski definition) is 2. The normalized spacial score (nSPS) is 18.5. The van der Waals surface area contributed by atoms with Crippen LogP contribution in [0.3, 0.4) is 0 Å². The summed E-state index contributed by atoms with van der Waals surface area (Å²) in [6, 6.07) is 8.27. The van der Waals surface area contributed by atoms with Crippen LogP contribution in [0.5, 0.6) is 0 Å². The zero-order valence-electron chi connectivity index (χ0n) is 10.2. The van der Waals surface area contributed by atoms with Gasteiger partial charge in [0, 0.05) is 13.7 Å². The molecule has 0 radical (unpaired) electrons. The van der Waals surface area contributed by atoms with Crippen molar-refractivity contribution in [2.75, 3.05) is 20.3 Å². The van der Waals surface area contributed by atoms with Crippen molar-refractivity contribution in [3.8, 4) is 0 Å². The third-order valence-corrected chi connectivity index (χ3v) is 3.29. The maximum Gasteiger partial charge on any atom is 0.227 e. The van der Waals surface area contributed by atoms with Crippen molar-refractivity contribution in [3.05, 3.63) is 35.4 Å². The molecule has 1 atom stereocenters. The van der Waals surface area contributed by atoms with Crippen molar-refractivity contribution in [1.29, 1.82) is 0 Å². The number of nitrogens with one attached hydrogen (secondary N) is 1. The molecule has 1 amide bonds. The molecule has 3 heteroatoms. The van der Waals surface area contributed by atoms with E-state index in [-0.39, 0.29) is 11.8 Å². The predicted molar refractivity (Wildman–Crippen MR) is 67.0 cm³/mol. The standard InChI is InChI=1S/C14H19NO2/c1-17-10-9-15-14(16)13-8-4-6-11-5-2-3-7-12(11)13/h2-3,5,7,13H,4,6,8-10H2,1H3,(H,15,16). The molecule has 1 aromatic carbocycles. The van der Waals surface area contributed by atoms with Gasteiger partial charge in [-0.05, 0) is 30.4 Å². The maximum absolute atomic E-state index is 12.1. The summed E-state index contributed by atoms with van der Waals surface area (Å²) in [6.45, 7) is 1.16. The van der Waals surface area contributed by atoms with Crippen molar-refractivity contribution in [2.45, 2.75) is 25.2 Å². The summed E-state index contributed by atoms with van der Waals surface area (Å²) in [5.74, 6) is 0.158. The topological polar surface area (TPSA) is 38.3 Å². The number of carbonyl (C=O) groups excluding carboxylic acids is 1. The zero-order chi connectivity index (χ0) is 12.1. The molecule has 3 nitrogen and oxygen atoms in total. The molecule has 92 valence electrons. The fraction of sp³-hybridized carbons (Fsp3) is 0.500. The number of rotatable bonds is 4. The SMILES string of the molecule is COCCNC(=O)C1CCCc2ccccc21. The Morgan fingerprint density at radius 2 is 2.29 bits per heavy atom. The highest BCUT2D eigenvalue weighted by molar-refractivity contribution is 5.84. The van der Waals surface area contributed by atoms with Gasteiger partial charge in [0.25, 0.3) is 0 Å². The quantitative estimate of drug-likeness (QED) is 0.806. The second kappa shape index (κ2) is 5.82. The highest BCUT2D eigenvalue weighted by Crippen LogP contribution is 2.31. The van der Waals surface area contributed by atoms with Crippen LogP contribution >= 0.6 is 0 Å². The van der Waals surface area contributed by atoms with Crippen molar-refractivity contribution in [3.63, 3.8) is 0 Å². The molecule has 1 aromatic rings. The highest BCUT2D eigenvalue weighted by atomic mass is 16.5. The van der Waals surface area contributed by atoms with Gasteiger partial charge in [0.1, 0.15) is 0 Å². The molecule has 2 rings (SSSR count). The van der Waals surface area contributed by atoms with Crippen LogP contribution in [-0.2, 0) is 16.0 Å². The van der Waals surface area contributed by atoms with Crippen LogP contribution in [0.25, 0.3) is 0 Å². The van der Waals surface area contributed by atoms with E-state index in [2.05, 4.69) is 17.4 Å². The van der Waals surface area contributed by atoms with Gasteiger partial charge in [-0.2, -0.15) is 0 Å². The van der Waals surface area contributed by atoms with Gasteiger partial charge in [-0.15, -0.1) is 0 Å². The third-order valence-electron chi connectivity index (χ3n) is 3.29. The van der Waals surface area contributed by atoms with E-state index in [0.717, 1.165) is 19.3 Å². The first-order chi connectivity index (χ1) is 8.33. The van der Waals surface area contributed by atoms with E-state index in [1.807, 2.05) is 12.1 Å². The minimum atomic E-state index is 0.0248. The number of ether oxygens (including phenoxy) is 1. The maximum atomic E-state index is 12.1. The molecule has 0 bridgehead atoms. The van der Waals surface area contributed by atoms with Gasteiger partial charge in [-0.3, -0.25) is 4.79 Å². The lowest BCUT2D eigenvalue weighted by Gasteiger charge is -2.24. The Labute approximate surface area is 102 Å². The van der Waals surface area contributed by atoms with Gasteiger partial charge >= 0.3 is 0 Å². The Morgan fingerprint density at radius 1 is 1.47 bits per heavy atom. The van der Waals surface area contributed by atoms with Gasteiger partial charge in [0.2, 0.25) is 5.91 Å². The van der Waals surface area contributed by atoms with Gasteiger partial charge in [0.15, 0.2) is 0 Å². The van der Waals surface area contributed by atoms with E-state index in [0.29, 0.717) is 13.2 Å². The minimum absolute atomic E-state index is 0.0248. The average Bonchev–Trinajstić information content (AvgIpc) is 2.38. The number of aryl methyl sites for hydroxylation is 1. The lowest BCUT2D eigenvalue weighted by molar-refractivity contribution is -0.123. The first-order valence-corrected chi connectivity index (χ1v) is 6.17. The van der Waals surface area contributed by atoms with E-state index in [1.165, 1.54) is 11.1 Å². The number of methoxy groups -OCH3 is 1. The molecular weight excluding hydrogens is 214 g/mol. The fourth-order valence-electron chi connectivity index (χ4n) is 2.43. The lowest BCUT2D eigenvalue weighted by atomic mass is 9.82. The molecule has 0 saturated carbocycles. The molecule has 1 aliphatic carbocycles. The Balaban J connectivity index is 2.05. The summed E-state index contributed by atoms with van der Waals surface area (Å²) >= 11 is 0. The number of carbonyl (C=O) groups is 1. The fourth-order valence-corrected chi connectivity index (χ4v) is 2.43.